The van der Waals surface area contributed by atoms with E-state index in [-0.39, 0.29) is 6.10 Å². The summed E-state index contributed by atoms with van der Waals surface area (Å²) in [6, 6.07) is 0. The van der Waals surface area contributed by atoms with Crippen LogP contribution in [0.25, 0.3) is 0 Å². The van der Waals surface area contributed by atoms with Gasteiger partial charge in [-0.1, -0.05) is 25.2 Å². The number of aliphatic hydroxyl groups excluding tert-OH is 1. The van der Waals surface area contributed by atoms with Gasteiger partial charge in [-0.15, -0.1) is 6.58 Å². The van der Waals surface area contributed by atoms with Gasteiger partial charge in [0.25, 0.3) is 0 Å². The van der Waals surface area contributed by atoms with E-state index >= 15 is 0 Å². The van der Waals surface area contributed by atoms with Gasteiger partial charge >= 0.3 is 0 Å². The molecule has 0 aromatic heterocycles. The maximum atomic E-state index is 9.18. The SMILES string of the molecule is C=CCCC(O)C=CCC. The van der Waals surface area contributed by atoms with Crippen LogP contribution in [0, 0.1) is 0 Å². The molecular formula is C9H16O. The van der Waals surface area contributed by atoms with Crippen LogP contribution in [0.4, 0.5) is 0 Å². The summed E-state index contributed by atoms with van der Waals surface area (Å²) in [5.74, 6) is 0. The Kier molecular flexibility index (Phi) is 6.19. The Bertz CT molecular complexity index is 105. The van der Waals surface area contributed by atoms with Gasteiger partial charge in [0.15, 0.2) is 0 Å². The molecule has 0 aliphatic heterocycles. The maximum absolute atomic E-state index is 9.18. The molecule has 1 atom stereocenters. The zero-order valence-electron chi connectivity index (χ0n) is 6.59. The van der Waals surface area contributed by atoms with E-state index in [4.69, 9.17) is 0 Å². The smallest absolute Gasteiger partial charge is 0.0723 e. The summed E-state index contributed by atoms with van der Waals surface area (Å²) in [6.07, 6.45) is 8.03. The minimum atomic E-state index is -0.280. The van der Waals surface area contributed by atoms with Crippen molar-refractivity contribution in [1.82, 2.24) is 0 Å². The van der Waals surface area contributed by atoms with E-state index in [1.165, 1.54) is 0 Å². The van der Waals surface area contributed by atoms with Gasteiger partial charge in [-0.3, -0.25) is 0 Å². The van der Waals surface area contributed by atoms with Crippen molar-refractivity contribution in [3.8, 4) is 0 Å². The van der Waals surface area contributed by atoms with Crippen LogP contribution in [-0.4, -0.2) is 11.2 Å². The average Bonchev–Trinajstić information content (AvgIpc) is 1.97. The van der Waals surface area contributed by atoms with E-state index in [0.29, 0.717) is 0 Å². The minimum Gasteiger partial charge on any atom is -0.389 e. The molecule has 0 aromatic rings. The quantitative estimate of drug-likeness (QED) is 0.581. The summed E-state index contributed by atoms with van der Waals surface area (Å²) in [4.78, 5) is 0. The highest BCUT2D eigenvalue weighted by Gasteiger charge is 1.93. The van der Waals surface area contributed by atoms with E-state index in [1.807, 2.05) is 18.2 Å². The molecule has 1 nitrogen and oxygen atoms in total. The highest BCUT2D eigenvalue weighted by molar-refractivity contribution is 4.88. The second-order valence-corrected chi connectivity index (χ2v) is 2.27. The Hall–Kier alpha value is -0.560. The second kappa shape index (κ2) is 6.56. The molecule has 0 aliphatic rings. The Morgan fingerprint density at radius 1 is 1.60 bits per heavy atom. The lowest BCUT2D eigenvalue weighted by Crippen LogP contribution is -1.99. The van der Waals surface area contributed by atoms with Crippen LogP contribution in [0.2, 0.25) is 0 Å². The monoisotopic (exact) mass is 140 g/mol. The largest absolute Gasteiger partial charge is 0.389 e. The molecule has 0 rings (SSSR count). The van der Waals surface area contributed by atoms with Gasteiger partial charge in [0.05, 0.1) is 6.10 Å². The van der Waals surface area contributed by atoms with Crippen molar-refractivity contribution in [3.05, 3.63) is 24.8 Å². The van der Waals surface area contributed by atoms with Gasteiger partial charge in [0.2, 0.25) is 0 Å². The Morgan fingerprint density at radius 3 is 2.80 bits per heavy atom. The topological polar surface area (TPSA) is 20.2 Å². The third-order valence-corrected chi connectivity index (χ3v) is 1.26. The van der Waals surface area contributed by atoms with Crippen LogP contribution in [0.15, 0.2) is 24.8 Å². The summed E-state index contributed by atoms with van der Waals surface area (Å²) in [5, 5.41) is 9.18. The Balaban J connectivity index is 3.32. The molecular weight excluding hydrogens is 124 g/mol. The highest BCUT2D eigenvalue weighted by Crippen LogP contribution is 1.99. The van der Waals surface area contributed by atoms with Crippen LogP contribution in [0.5, 0.6) is 0 Å². The van der Waals surface area contributed by atoms with Gasteiger partial charge in [-0.25, -0.2) is 0 Å². The minimum absolute atomic E-state index is 0.280. The fourth-order valence-corrected chi connectivity index (χ4v) is 0.678. The molecule has 0 radical (unpaired) electrons. The first-order valence-corrected chi connectivity index (χ1v) is 3.76. The van der Waals surface area contributed by atoms with Crippen molar-refractivity contribution in [2.24, 2.45) is 0 Å². The van der Waals surface area contributed by atoms with Crippen LogP contribution < -0.4 is 0 Å². The third-order valence-electron chi connectivity index (χ3n) is 1.26. The van der Waals surface area contributed by atoms with E-state index in [9.17, 15) is 5.11 Å². The normalized spacial score (nSPS) is 13.8. The first kappa shape index (κ1) is 9.44. The lowest BCUT2D eigenvalue weighted by Gasteiger charge is -2.00. The van der Waals surface area contributed by atoms with E-state index in [1.54, 1.807) is 0 Å². The maximum Gasteiger partial charge on any atom is 0.0723 e. The lowest BCUT2D eigenvalue weighted by molar-refractivity contribution is 0.214. The van der Waals surface area contributed by atoms with Gasteiger partial charge in [-0.05, 0) is 19.3 Å². The molecule has 0 fully saturated rings. The molecule has 0 bridgehead atoms. The molecule has 1 heteroatoms. The van der Waals surface area contributed by atoms with E-state index < -0.39 is 0 Å². The van der Waals surface area contributed by atoms with Crippen molar-refractivity contribution in [2.75, 3.05) is 0 Å². The summed E-state index contributed by atoms with van der Waals surface area (Å²) < 4.78 is 0. The van der Waals surface area contributed by atoms with Crippen molar-refractivity contribution in [3.63, 3.8) is 0 Å². The van der Waals surface area contributed by atoms with Gasteiger partial charge < -0.3 is 5.11 Å². The molecule has 0 aromatic carbocycles. The summed E-state index contributed by atoms with van der Waals surface area (Å²) in [7, 11) is 0. The van der Waals surface area contributed by atoms with Gasteiger partial charge in [-0.2, -0.15) is 0 Å². The summed E-state index contributed by atoms with van der Waals surface area (Å²) in [6.45, 7) is 5.63. The number of hydrogen-bond acceptors (Lipinski definition) is 1. The number of hydrogen-bond donors (Lipinski definition) is 1. The number of aliphatic hydroxyl groups is 1. The Labute approximate surface area is 63.1 Å². The first-order valence-electron chi connectivity index (χ1n) is 3.76. The number of rotatable bonds is 5. The molecule has 10 heavy (non-hydrogen) atoms. The fraction of sp³-hybridized carbons (Fsp3) is 0.556. The molecule has 1 unspecified atom stereocenters. The molecule has 1 N–H and O–H groups in total. The zero-order chi connectivity index (χ0) is 7.82. The third kappa shape index (κ3) is 5.57. The molecule has 0 amide bonds. The lowest BCUT2D eigenvalue weighted by atomic mass is 10.2. The fourth-order valence-electron chi connectivity index (χ4n) is 0.678. The standard InChI is InChI=1S/C9H16O/c1-3-5-7-9(10)8-6-4-2/h3,6,8-10H,1,4-5,7H2,2H3. The molecule has 0 heterocycles. The van der Waals surface area contributed by atoms with Crippen LogP contribution >= 0.6 is 0 Å². The molecule has 58 valence electrons. The highest BCUT2D eigenvalue weighted by atomic mass is 16.3. The van der Waals surface area contributed by atoms with Gasteiger partial charge in [0.1, 0.15) is 0 Å². The van der Waals surface area contributed by atoms with Crippen LogP contribution in [0.1, 0.15) is 26.2 Å². The van der Waals surface area contributed by atoms with Crippen molar-refractivity contribution >= 4 is 0 Å². The van der Waals surface area contributed by atoms with Crippen LogP contribution in [-0.2, 0) is 0 Å². The molecule has 0 aliphatic carbocycles. The molecule has 0 saturated heterocycles. The zero-order valence-corrected chi connectivity index (χ0v) is 6.59. The summed E-state index contributed by atoms with van der Waals surface area (Å²) >= 11 is 0. The molecule has 0 spiro atoms. The summed E-state index contributed by atoms with van der Waals surface area (Å²) in [5.41, 5.74) is 0. The van der Waals surface area contributed by atoms with Gasteiger partial charge in [0, 0.05) is 0 Å². The van der Waals surface area contributed by atoms with Crippen molar-refractivity contribution < 1.29 is 5.11 Å². The number of allylic oxidation sites excluding steroid dienone is 2. The average molecular weight is 140 g/mol. The van der Waals surface area contributed by atoms with Crippen LogP contribution in [0.3, 0.4) is 0 Å². The van der Waals surface area contributed by atoms with Crippen molar-refractivity contribution in [2.45, 2.75) is 32.3 Å². The van der Waals surface area contributed by atoms with E-state index in [0.717, 1.165) is 19.3 Å². The molecule has 0 saturated carbocycles. The van der Waals surface area contributed by atoms with Crippen molar-refractivity contribution in [1.29, 1.82) is 0 Å². The predicted octanol–water partition coefficient (Wildman–Crippen LogP) is 2.28. The first-order chi connectivity index (χ1) is 4.81. The predicted molar refractivity (Wildman–Crippen MR) is 44.9 cm³/mol. The van der Waals surface area contributed by atoms with E-state index in [2.05, 4.69) is 13.5 Å². The second-order valence-electron chi connectivity index (χ2n) is 2.27. The Morgan fingerprint density at radius 2 is 2.30 bits per heavy atom.